The summed E-state index contributed by atoms with van der Waals surface area (Å²) in [6.07, 6.45) is 5.31. The molecule has 0 spiro atoms. The van der Waals surface area contributed by atoms with Gasteiger partial charge in [-0.1, -0.05) is 135 Å². The highest BCUT2D eigenvalue weighted by atomic mass is 15.0. The van der Waals surface area contributed by atoms with Crippen molar-refractivity contribution < 1.29 is 0 Å². The van der Waals surface area contributed by atoms with Crippen LogP contribution in [0.5, 0.6) is 0 Å². The first-order chi connectivity index (χ1) is 23.1. The van der Waals surface area contributed by atoms with Crippen LogP contribution in [0.2, 0.25) is 0 Å². The molecule has 6 aromatic carbocycles. The van der Waals surface area contributed by atoms with Crippen LogP contribution >= 0.6 is 0 Å². The van der Waals surface area contributed by atoms with Crippen molar-refractivity contribution in [2.45, 2.75) is 0 Å². The van der Waals surface area contributed by atoms with E-state index in [0.717, 1.165) is 45.0 Å². The van der Waals surface area contributed by atoms with Gasteiger partial charge in [0.2, 0.25) is 0 Å². The van der Waals surface area contributed by atoms with Crippen LogP contribution in [-0.4, -0.2) is 14.5 Å². The number of benzene rings is 6. The number of hydrogen-bond acceptors (Lipinski definition) is 2. The Morgan fingerprint density at radius 3 is 2.04 bits per heavy atom. The molecule has 222 valence electrons. The van der Waals surface area contributed by atoms with E-state index in [2.05, 4.69) is 158 Å². The molecular weight excluding hydrogens is 571 g/mol. The lowest BCUT2D eigenvalue weighted by atomic mass is 10.0. The fourth-order valence-corrected chi connectivity index (χ4v) is 6.61. The van der Waals surface area contributed by atoms with Gasteiger partial charge in [-0.3, -0.25) is 0 Å². The van der Waals surface area contributed by atoms with Gasteiger partial charge in [0.1, 0.15) is 0 Å². The average molecular weight is 602 g/mol. The molecule has 1 aliphatic carbocycles. The Bertz CT molecular complexity index is 2500. The average Bonchev–Trinajstić information content (AvgIpc) is 3.65. The molecule has 0 atom stereocenters. The zero-order valence-corrected chi connectivity index (χ0v) is 25.9. The Kier molecular flexibility index (Phi) is 6.93. The van der Waals surface area contributed by atoms with Gasteiger partial charge in [-0.05, 0) is 63.4 Å². The highest BCUT2D eigenvalue weighted by molar-refractivity contribution is 6.14. The van der Waals surface area contributed by atoms with Gasteiger partial charge in [-0.2, -0.15) is 0 Å². The number of aromatic nitrogens is 3. The Hall–Kier alpha value is -6.32. The van der Waals surface area contributed by atoms with Gasteiger partial charge in [0, 0.05) is 39.3 Å². The van der Waals surface area contributed by atoms with Crippen LogP contribution < -0.4 is 0 Å². The predicted molar refractivity (Wildman–Crippen MR) is 199 cm³/mol. The molecule has 0 amide bonds. The van der Waals surface area contributed by atoms with Gasteiger partial charge >= 0.3 is 0 Å². The summed E-state index contributed by atoms with van der Waals surface area (Å²) in [4.78, 5) is 9.96. The lowest BCUT2D eigenvalue weighted by Crippen LogP contribution is -1.94. The number of para-hydroxylation sites is 2. The molecule has 9 rings (SSSR count). The zero-order chi connectivity index (χ0) is 31.9. The normalized spacial score (nSPS) is 11.2. The van der Waals surface area contributed by atoms with E-state index in [-0.39, 0.29) is 0 Å². The van der Waals surface area contributed by atoms with Gasteiger partial charge in [0.05, 0.1) is 16.7 Å². The highest BCUT2D eigenvalue weighted by Crippen LogP contribution is 2.46. The summed E-state index contributed by atoms with van der Waals surface area (Å²) < 4.78 is 2.36. The molecule has 2 aromatic heterocycles. The van der Waals surface area contributed by atoms with Gasteiger partial charge in [0.15, 0.2) is 5.82 Å². The van der Waals surface area contributed by atoms with E-state index in [9.17, 15) is 0 Å². The quantitative estimate of drug-likeness (QED) is 0.184. The third kappa shape index (κ3) is 4.77. The second-order valence-electron chi connectivity index (χ2n) is 11.6. The molecule has 3 nitrogen and oxygen atoms in total. The van der Waals surface area contributed by atoms with Crippen molar-refractivity contribution in [2.24, 2.45) is 0 Å². The van der Waals surface area contributed by atoms with E-state index >= 15 is 0 Å². The lowest BCUT2D eigenvalue weighted by molar-refractivity contribution is 1.18. The molecule has 0 radical (unpaired) electrons. The molecule has 0 saturated carbocycles. The van der Waals surface area contributed by atoms with Crippen molar-refractivity contribution in [1.29, 1.82) is 0 Å². The molecule has 0 fully saturated rings. The predicted octanol–water partition coefficient (Wildman–Crippen LogP) is 11.6. The van der Waals surface area contributed by atoms with Crippen LogP contribution in [0, 0.1) is 0 Å². The van der Waals surface area contributed by atoms with Gasteiger partial charge in [-0.15, -0.1) is 0 Å². The summed E-state index contributed by atoms with van der Waals surface area (Å²) in [5.41, 5.74) is 12.3. The summed E-state index contributed by atoms with van der Waals surface area (Å²) in [5, 5.41) is 5.02. The molecule has 8 aromatic rings. The first kappa shape index (κ1) is 28.2. The van der Waals surface area contributed by atoms with Crippen molar-refractivity contribution in [1.82, 2.24) is 14.5 Å². The van der Waals surface area contributed by atoms with Crippen LogP contribution in [0.4, 0.5) is 0 Å². The SMILES string of the molecule is C=CC(=C)C=C.c1ccc(-n2c3ccccc3c3ccc(-c4cccc(-c5ncc6c(n5)-c5cccc7cccc-6c57)c4)cc32)cc1. The smallest absolute Gasteiger partial charge is 0.159 e. The van der Waals surface area contributed by atoms with Crippen LogP contribution in [0.1, 0.15) is 0 Å². The number of allylic oxidation sites excluding steroid dienone is 3. The molecular formula is C44H31N3. The fraction of sp³-hybridized carbons (Fsp3) is 0. The van der Waals surface area contributed by atoms with Gasteiger partial charge in [-0.25, -0.2) is 9.97 Å². The van der Waals surface area contributed by atoms with E-state index in [0.29, 0.717) is 0 Å². The topological polar surface area (TPSA) is 30.7 Å². The molecule has 0 saturated heterocycles. The van der Waals surface area contributed by atoms with E-state index in [1.165, 1.54) is 43.7 Å². The van der Waals surface area contributed by atoms with E-state index < -0.39 is 0 Å². The third-order valence-electron chi connectivity index (χ3n) is 8.91. The summed E-state index contributed by atoms with van der Waals surface area (Å²) in [7, 11) is 0. The maximum atomic E-state index is 5.12. The maximum absolute atomic E-state index is 5.12. The second-order valence-corrected chi connectivity index (χ2v) is 11.6. The van der Waals surface area contributed by atoms with Crippen LogP contribution in [0.25, 0.3) is 83.2 Å². The van der Waals surface area contributed by atoms with Crippen LogP contribution in [-0.2, 0) is 0 Å². The Balaban J connectivity index is 0.000000497. The third-order valence-corrected chi connectivity index (χ3v) is 8.91. The molecule has 1 aliphatic rings. The molecule has 0 N–H and O–H groups in total. The van der Waals surface area contributed by atoms with E-state index in [1.54, 1.807) is 12.2 Å². The number of fused-ring (bicyclic) bond motifs is 6. The Morgan fingerprint density at radius 1 is 0.574 bits per heavy atom. The van der Waals surface area contributed by atoms with Gasteiger partial charge in [0.25, 0.3) is 0 Å². The molecule has 47 heavy (non-hydrogen) atoms. The van der Waals surface area contributed by atoms with Crippen LogP contribution in [0.3, 0.4) is 0 Å². The largest absolute Gasteiger partial charge is 0.309 e. The molecule has 0 unspecified atom stereocenters. The lowest BCUT2D eigenvalue weighted by Gasteiger charge is -2.10. The number of hydrogen-bond donors (Lipinski definition) is 0. The van der Waals surface area contributed by atoms with Crippen molar-refractivity contribution in [3.63, 3.8) is 0 Å². The molecule has 3 heteroatoms. The zero-order valence-electron chi connectivity index (χ0n) is 25.9. The van der Waals surface area contributed by atoms with Crippen molar-refractivity contribution in [3.8, 4) is 50.6 Å². The fourth-order valence-electron chi connectivity index (χ4n) is 6.61. The molecule has 0 aliphatic heterocycles. The van der Waals surface area contributed by atoms with Crippen molar-refractivity contribution in [3.05, 3.63) is 177 Å². The Morgan fingerprint density at radius 2 is 1.26 bits per heavy atom. The van der Waals surface area contributed by atoms with E-state index in [1.807, 2.05) is 6.20 Å². The van der Waals surface area contributed by atoms with Crippen molar-refractivity contribution >= 4 is 32.6 Å². The first-order valence-electron chi connectivity index (χ1n) is 15.7. The minimum absolute atomic E-state index is 0.745. The monoisotopic (exact) mass is 601 g/mol. The van der Waals surface area contributed by atoms with E-state index in [4.69, 9.17) is 9.97 Å². The summed E-state index contributed by atoms with van der Waals surface area (Å²) in [5.74, 6) is 0.745. The summed E-state index contributed by atoms with van der Waals surface area (Å²) in [6, 6.07) is 47.5. The van der Waals surface area contributed by atoms with Gasteiger partial charge < -0.3 is 4.57 Å². The maximum Gasteiger partial charge on any atom is 0.159 e. The van der Waals surface area contributed by atoms with Crippen LogP contribution in [0.15, 0.2) is 177 Å². The molecule has 2 heterocycles. The van der Waals surface area contributed by atoms with Crippen molar-refractivity contribution in [2.75, 3.05) is 0 Å². The number of rotatable bonds is 5. The standard InChI is InChI=1S/C38H23N3.C6H8/c1-2-13-28(14-3-1)41-34-18-5-4-15-29(34)30-20-19-26(22-35(30)41)25-11-6-12-27(21-25)38-39-23-33-31-16-7-9-24-10-8-17-32(36(24)31)37(33)40-38;1-4-6(3)5-2/h1-23H;4-5H,1-3H2. The Labute approximate surface area is 274 Å². The summed E-state index contributed by atoms with van der Waals surface area (Å²) >= 11 is 0. The summed E-state index contributed by atoms with van der Waals surface area (Å²) in [6.45, 7) is 10.5. The minimum atomic E-state index is 0.745. The molecule has 0 bridgehead atoms. The highest BCUT2D eigenvalue weighted by Gasteiger charge is 2.23. The number of nitrogens with zero attached hydrogens (tertiary/aromatic N) is 3. The first-order valence-corrected chi connectivity index (χ1v) is 15.7. The second kappa shape index (κ2) is 11.6. The minimum Gasteiger partial charge on any atom is -0.309 e.